The lowest BCUT2D eigenvalue weighted by Crippen LogP contribution is -2.38. The number of carbonyl (C=O) groups is 1. The molecule has 0 radical (unpaired) electrons. The predicted molar refractivity (Wildman–Crippen MR) is 74.3 cm³/mol. The van der Waals surface area contributed by atoms with Gasteiger partial charge < -0.3 is 10.6 Å². The number of hydrogen-bond acceptors (Lipinski definition) is 4. The van der Waals surface area contributed by atoms with E-state index in [-0.39, 0.29) is 17.1 Å². The Morgan fingerprint density at radius 1 is 1.14 bits per heavy atom. The molecular weight excluding hydrogens is 297 g/mol. The number of rotatable bonds is 4. The molecule has 0 aliphatic carbocycles. The average molecular weight is 310 g/mol. The number of aromatic nitrogens is 2. The SMILES string of the molecule is CNc1ncccc1C(=O)N[C@H](c1ccccn1)C(F)(F)F. The molecule has 1 amide bonds. The van der Waals surface area contributed by atoms with Crippen molar-refractivity contribution in [2.75, 3.05) is 12.4 Å². The van der Waals surface area contributed by atoms with Gasteiger partial charge in [-0.05, 0) is 24.3 Å². The van der Waals surface area contributed by atoms with E-state index in [4.69, 9.17) is 0 Å². The Bertz CT molecular complexity index is 646. The summed E-state index contributed by atoms with van der Waals surface area (Å²) in [5.74, 6) is -0.688. The molecule has 0 aliphatic heterocycles. The van der Waals surface area contributed by atoms with Crippen molar-refractivity contribution in [3.63, 3.8) is 0 Å². The summed E-state index contributed by atoms with van der Waals surface area (Å²) in [5, 5.41) is 4.62. The predicted octanol–water partition coefficient (Wildman–Crippen LogP) is 2.55. The lowest BCUT2D eigenvalue weighted by Gasteiger charge is -2.21. The third kappa shape index (κ3) is 3.51. The molecule has 8 heteroatoms. The highest BCUT2D eigenvalue weighted by Crippen LogP contribution is 2.32. The molecule has 0 saturated heterocycles. The van der Waals surface area contributed by atoms with Gasteiger partial charge in [-0.3, -0.25) is 9.78 Å². The second-order valence-corrected chi connectivity index (χ2v) is 4.35. The quantitative estimate of drug-likeness (QED) is 0.911. The third-order valence-electron chi connectivity index (χ3n) is 2.88. The number of carbonyl (C=O) groups excluding carboxylic acids is 1. The van der Waals surface area contributed by atoms with E-state index in [1.165, 1.54) is 49.8 Å². The standard InChI is InChI=1S/C14H13F3N4O/c1-18-12-9(5-4-8-20-12)13(22)21-11(14(15,16)17)10-6-2-3-7-19-10/h2-8,11H,1H3,(H,18,20)(H,21,22)/t11-/m1/s1. The van der Waals surface area contributed by atoms with Crippen LogP contribution >= 0.6 is 0 Å². The van der Waals surface area contributed by atoms with Crippen molar-refractivity contribution in [1.29, 1.82) is 0 Å². The minimum atomic E-state index is -4.66. The minimum absolute atomic E-state index is 0.0233. The van der Waals surface area contributed by atoms with Gasteiger partial charge in [-0.25, -0.2) is 4.98 Å². The Hall–Kier alpha value is -2.64. The molecule has 0 spiro atoms. The first-order chi connectivity index (χ1) is 10.4. The Kier molecular flexibility index (Phi) is 4.59. The highest BCUT2D eigenvalue weighted by molar-refractivity contribution is 5.98. The van der Waals surface area contributed by atoms with Crippen molar-refractivity contribution in [2.45, 2.75) is 12.2 Å². The molecular formula is C14H13F3N4O. The van der Waals surface area contributed by atoms with Gasteiger partial charge in [0, 0.05) is 19.4 Å². The van der Waals surface area contributed by atoms with Crippen molar-refractivity contribution in [1.82, 2.24) is 15.3 Å². The maximum Gasteiger partial charge on any atom is 0.414 e. The van der Waals surface area contributed by atoms with Gasteiger partial charge in [0.05, 0.1) is 11.3 Å². The van der Waals surface area contributed by atoms with Crippen molar-refractivity contribution < 1.29 is 18.0 Å². The number of nitrogens with zero attached hydrogens (tertiary/aromatic N) is 2. The molecule has 2 rings (SSSR count). The lowest BCUT2D eigenvalue weighted by molar-refractivity contribution is -0.156. The fraction of sp³-hybridized carbons (Fsp3) is 0.214. The third-order valence-corrected chi connectivity index (χ3v) is 2.88. The van der Waals surface area contributed by atoms with Crippen molar-refractivity contribution in [2.24, 2.45) is 0 Å². The van der Waals surface area contributed by atoms with Crippen molar-refractivity contribution in [3.8, 4) is 0 Å². The Balaban J connectivity index is 2.30. The van der Waals surface area contributed by atoms with Gasteiger partial charge in [0.15, 0.2) is 6.04 Å². The molecule has 0 fully saturated rings. The second kappa shape index (κ2) is 6.42. The highest BCUT2D eigenvalue weighted by atomic mass is 19.4. The van der Waals surface area contributed by atoms with E-state index in [0.29, 0.717) is 0 Å². The maximum atomic E-state index is 13.2. The van der Waals surface area contributed by atoms with Gasteiger partial charge in [0.25, 0.3) is 5.91 Å². The van der Waals surface area contributed by atoms with Gasteiger partial charge in [0.2, 0.25) is 0 Å². The van der Waals surface area contributed by atoms with Crippen LogP contribution in [0.2, 0.25) is 0 Å². The van der Waals surface area contributed by atoms with E-state index in [9.17, 15) is 18.0 Å². The van der Waals surface area contributed by atoms with E-state index in [2.05, 4.69) is 15.3 Å². The van der Waals surface area contributed by atoms with Crippen LogP contribution in [-0.4, -0.2) is 29.1 Å². The van der Waals surface area contributed by atoms with E-state index in [1.54, 1.807) is 0 Å². The molecule has 116 valence electrons. The van der Waals surface area contributed by atoms with Gasteiger partial charge in [-0.15, -0.1) is 0 Å². The summed E-state index contributed by atoms with van der Waals surface area (Å²) in [6.07, 6.45) is -1.99. The van der Waals surface area contributed by atoms with Gasteiger partial charge >= 0.3 is 6.18 Å². The highest BCUT2D eigenvalue weighted by Gasteiger charge is 2.43. The first-order valence-corrected chi connectivity index (χ1v) is 6.34. The molecule has 0 saturated carbocycles. The Morgan fingerprint density at radius 3 is 2.45 bits per heavy atom. The number of alkyl halides is 3. The molecule has 2 N–H and O–H groups in total. The summed E-state index contributed by atoms with van der Waals surface area (Å²) in [4.78, 5) is 19.7. The van der Waals surface area contributed by atoms with E-state index >= 15 is 0 Å². The van der Waals surface area contributed by atoms with E-state index < -0.39 is 18.1 Å². The molecule has 2 aromatic rings. The number of anilines is 1. The number of pyridine rings is 2. The lowest BCUT2D eigenvalue weighted by atomic mass is 10.1. The summed E-state index contributed by atoms with van der Waals surface area (Å²) in [5.41, 5.74) is -0.256. The van der Waals surface area contributed by atoms with Crippen LogP contribution in [0.15, 0.2) is 42.7 Å². The first-order valence-electron chi connectivity index (χ1n) is 6.34. The second-order valence-electron chi connectivity index (χ2n) is 4.35. The van der Waals surface area contributed by atoms with Crippen LogP contribution in [0.3, 0.4) is 0 Å². The Morgan fingerprint density at radius 2 is 1.86 bits per heavy atom. The molecule has 2 heterocycles. The molecule has 0 aliphatic rings. The smallest absolute Gasteiger partial charge is 0.372 e. The summed E-state index contributed by atoms with van der Waals surface area (Å²) >= 11 is 0. The van der Waals surface area contributed by atoms with Crippen LogP contribution in [0.1, 0.15) is 22.1 Å². The fourth-order valence-electron chi connectivity index (χ4n) is 1.87. The van der Waals surface area contributed by atoms with E-state index in [1.807, 2.05) is 5.32 Å². The molecule has 22 heavy (non-hydrogen) atoms. The van der Waals surface area contributed by atoms with Crippen LogP contribution in [0, 0.1) is 0 Å². The zero-order valence-electron chi connectivity index (χ0n) is 11.6. The Labute approximate surface area is 124 Å². The average Bonchev–Trinajstić information content (AvgIpc) is 2.52. The van der Waals surface area contributed by atoms with Crippen molar-refractivity contribution >= 4 is 11.7 Å². The summed E-state index contributed by atoms with van der Waals surface area (Å²) < 4.78 is 39.5. The zero-order valence-corrected chi connectivity index (χ0v) is 11.6. The molecule has 0 bridgehead atoms. The number of hydrogen-bond donors (Lipinski definition) is 2. The molecule has 2 aromatic heterocycles. The summed E-state index contributed by atoms with van der Waals surface area (Å²) in [6.45, 7) is 0. The number of nitrogens with one attached hydrogen (secondary N) is 2. The zero-order chi connectivity index (χ0) is 16.2. The minimum Gasteiger partial charge on any atom is -0.372 e. The summed E-state index contributed by atoms with van der Waals surface area (Å²) in [6, 6.07) is 4.81. The van der Waals surface area contributed by atoms with Crippen LogP contribution < -0.4 is 10.6 Å². The molecule has 0 unspecified atom stereocenters. The van der Waals surface area contributed by atoms with Gasteiger partial charge in [-0.2, -0.15) is 13.2 Å². The molecule has 5 nitrogen and oxygen atoms in total. The van der Waals surface area contributed by atoms with Gasteiger partial charge in [-0.1, -0.05) is 6.07 Å². The monoisotopic (exact) mass is 310 g/mol. The fourth-order valence-corrected chi connectivity index (χ4v) is 1.87. The number of amides is 1. The first kappa shape index (κ1) is 15.7. The van der Waals surface area contributed by atoms with Gasteiger partial charge in [0.1, 0.15) is 5.82 Å². The normalized spacial score (nSPS) is 12.5. The summed E-state index contributed by atoms with van der Waals surface area (Å²) in [7, 11) is 1.53. The number of halogens is 3. The van der Waals surface area contributed by atoms with Crippen LogP contribution in [0.5, 0.6) is 0 Å². The molecule has 1 atom stereocenters. The van der Waals surface area contributed by atoms with Crippen molar-refractivity contribution in [3.05, 3.63) is 54.0 Å². The van der Waals surface area contributed by atoms with Crippen LogP contribution in [0.4, 0.5) is 19.0 Å². The van der Waals surface area contributed by atoms with Crippen LogP contribution in [0.25, 0.3) is 0 Å². The maximum absolute atomic E-state index is 13.2. The van der Waals surface area contributed by atoms with Crippen LogP contribution in [-0.2, 0) is 0 Å². The van der Waals surface area contributed by atoms with E-state index in [0.717, 1.165) is 0 Å². The molecule has 0 aromatic carbocycles. The topological polar surface area (TPSA) is 66.9 Å². The largest absolute Gasteiger partial charge is 0.414 e.